The van der Waals surface area contributed by atoms with Crippen LogP contribution in [0.25, 0.3) is 11.1 Å². The first kappa shape index (κ1) is 16.3. The van der Waals surface area contributed by atoms with Gasteiger partial charge in [-0.1, -0.05) is 35.5 Å². The number of halogens is 1. The molecule has 2 aromatic carbocycles. The number of nitro groups is 1. The number of nitro benzene ring substituents is 1. The standard InChI is InChI=1S/C15H10ClN3O4S/c16-10-6-5-9(19(21)22)7-12(10)17-14(20)8-24-15-18-11-3-1-2-4-13(11)23-15/h1-7H,8H2,(H,17,20). The second-order valence-electron chi connectivity index (χ2n) is 4.71. The summed E-state index contributed by atoms with van der Waals surface area (Å²) >= 11 is 7.06. The van der Waals surface area contributed by atoms with Crippen molar-refractivity contribution >= 4 is 51.7 Å². The zero-order chi connectivity index (χ0) is 17.1. The maximum Gasteiger partial charge on any atom is 0.271 e. The van der Waals surface area contributed by atoms with E-state index in [4.69, 9.17) is 16.0 Å². The first-order chi connectivity index (χ1) is 11.5. The topological polar surface area (TPSA) is 98.3 Å². The Morgan fingerprint density at radius 1 is 1.33 bits per heavy atom. The van der Waals surface area contributed by atoms with Crippen LogP contribution < -0.4 is 5.32 Å². The van der Waals surface area contributed by atoms with Crippen molar-refractivity contribution in [1.82, 2.24) is 4.98 Å². The van der Waals surface area contributed by atoms with Gasteiger partial charge in [0.25, 0.3) is 10.9 Å². The molecule has 1 heterocycles. The molecule has 0 aliphatic heterocycles. The highest BCUT2D eigenvalue weighted by Gasteiger charge is 2.13. The van der Waals surface area contributed by atoms with Gasteiger partial charge in [0, 0.05) is 12.1 Å². The molecule has 9 heteroatoms. The Morgan fingerprint density at radius 2 is 2.12 bits per heavy atom. The molecule has 1 N–H and O–H groups in total. The number of nitrogens with one attached hydrogen (secondary N) is 1. The molecule has 0 spiro atoms. The van der Waals surface area contributed by atoms with Crippen molar-refractivity contribution in [2.24, 2.45) is 0 Å². The lowest BCUT2D eigenvalue weighted by Gasteiger charge is -2.06. The molecule has 7 nitrogen and oxygen atoms in total. The van der Waals surface area contributed by atoms with Crippen molar-refractivity contribution in [3.8, 4) is 0 Å². The van der Waals surface area contributed by atoms with Crippen molar-refractivity contribution in [2.45, 2.75) is 5.22 Å². The van der Waals surface area contributed by atoms with Gasteiger partial charge in [-0.05, 0) is 18.2 Å². The number of hydrogen-bond acceptors (Lipinski definition) is 6. The lowest BCUT2D eigenvalue weighted by Crippen LogP contribution is -2.14. The number of rotatable bonds is 5. The van der Waals surface area contributed by atoms with Crippen LogP contribution in [-0.2, 0) is 4.79 Å². The number of amides is 1. The fourth-order valence-corrected chi connectivity index (χ4v) is 2.75. The molecule has 0 unspecified atom stereocenters. The summed E-state index contributed by atoms with van der Waals surface area (Å²) in [7, 11) is 0. The molecule has 1 amide bonds. The van der Waals surface area contributed by atoms with Gasteiger partial charge in [-0.15, -0.1) is 0 Å². The van der Waals surface area contributed by atoms with Crippen molar-refractivity contribution in [1.29, 1.82) is 0 Å². The molecule has 0 aliphatic carbocycles. The largest absolute Gasteiger partial charge is 0.431 e. The van der Waals surface area contributed by atoms with Crippen LogP contribution in [0.5, 0.6) is 0 Å². The van der Waals surface area contributed by atoms with Crippen molar-refractivity contribution < 1.29 is 14.1 Å². The monoisotopic (exact) mass is 363 g/mol. The lowest BCUT2D eigenvalue weighted by molar-refractivity contribution is -0.384. The van der Waals surface area contributed by atoms with Gasteiger partial charge < -0.3 is 9.73 Å². The number of carbonyl (C=O) groups is 1. The number of oxazole rings is 1. The number of nitrogens with zero attached hydrogens (tertiary/aromatic N) is 2. The van der Waals surface area contributed by atoms with Gasteiger partial charge in [0.1, 0.15) is 5.52 Å². The number of non-ortho nitro benzene ring substituents is 1. The highest BCUT2D eigenvalue weighted by molar-refractivity contribution is 7.99. The van der Waals surface area contributed by atoms with Crippen LogP contribution in [0, 0.1) is 10.1 Å². The number of carbonyl (C=O) groups excluding carboxylic acids is 1. The average Bonchev–Trinajstić information content (AvgIpc) is 2.97. The van der Waals surface area contributed by atoms with Crippen molar-refractivity contribution in [2.75, 3.05) is 11.1 Å². The van der Waals surface area contributed by atoms with Gasteiger partial charge in [0.2, 0.25) is 5.91 Å². The third-order valence-corrected chi connectivity index (χ3v) is 4.19. The zero-order valence-corrected chi connectivity index (χ0v) is 13.6. The summed E-state index contributed by atoms with van der Waals surface area (Å²) in [6.07, 6.45) is 0. The number of anilines is 1. The van der Waals surface area contributed by atoms with E-state index in [0.717, 1.165) is 11.8 Å². The van der Waals surface area contributed by atoms with E-state index in [9.17, 15) is 14.9 Å². The molecular formula is C15H10ClN3O4S. The number of benzene rings is 2. The average molecular weight is 364 g/mol. The predicted molar refractivity (Wildman–Crippen MR) is 91.5 cm³/mol. The van der Waals surface area contributed by atoms with E-state index in [-0.39, 0.29) is 28.1 Å². The third kappa shape index (κ3) is 3.66. The second-order valence-corrected chi connectivity index (χ2v) is 6.04. The number of hydrogen-bond donors (Lipinski definition) is 1. The maximum atomic E-state index is 12.0. The molecule has 0 saturated carbocycles. The molecule has 0 fully saturated rings. The first-order valence-corrected chi connectivity index (χ1v) is 8.11. The fourth-order valence-electron chi connectivity index (χ4n) is 1.95. The van der Waals surface area contributed by atoms with E-state index < -0.39 is 4.92 Å². The minimum atomic E-state index is -0.556. The summed E-state index contributed by atoms with van der Waals surface area (Å²) in [6.45, 7) is 0. The third-order valence-electron chi connectivity index (χ3n) is 3.04. The van der Waals surface area contributed by atoms with Gasteiger partial charge in [-0.2, -0.15) is 0 Å². The van der Waals surface area contributed by atoms with Crippen molar-refractivity contribution in [3.05, 3.63) is 57.6 Å². The fraction of sp³-hybridized carbons (Fsp3) is 0.0667. The molecular weight excluding hydrogens is 354 g/mol. The van der Waals surface area contributed by atoms with Crippen LogP contribution in [0.15, 0.2) is 52.1 Å². The van der Waals surface area contributed by atoms with Crippen LogP contribution in [0.4, 0.5) is 11.4 Å². The smallest absolute Gasteiger partial charge is 0.271 e. The number of thioether (sulfide) groups is 1. The van der Waals surface area contributed by atoms with Gasteiger partial charge in [0.15, 0.2) is 5.58 Å². The molecule has 1 aromatic heterocycles. The van der Waals surface area contributed by atoms with E-state index in [0.29, 0.717) is 16.3 Å². The molecule has 122 valence electrons. The highest BCUT2D eigenvalue weighted by atomic mass is 35.5. The van der Waals surface area contributed by atoms with Crippen LogP contribution >= 0.6 is 23.4 Å². The number of para-hydroxylation sites is 2. The molecule has 3 rings (SSSR count). The van der Waals surface area contributed by atoms with Crippen LogP contribution in [-0.4, -0.2) is 21.6 Å². The van der Waals surface area contributed by atoms with Crippen molar-refractivity contribution in [3.63, 3.8) is 0 Å². The molecule has 0 radical (unpaired) electrons. The van der Waals surface area contributed by atoms with Crippen LogP contribution in [0.3, 0.4) is 0 Å². The predicted octanol–water partition coefficient (Wildman–Crippen LogP) is 4.12. The molecule has 3 aromatic rings. The SMILES string of the molecule is O=C(CSc1nc2ccccc2o1)Nc1cc([N+](=O)[O-])ccc1Cl. The molecule has 0 bridgehead atoms. The lowest BCUT2D eigenvalue weighted by atomic mass is 10.3. The van der Waals surface area contributed by atoms with E-state index in [2.05, 4.69) is 10.3 Å². The van der Waals surface area contributed by atoms with E-state index in [1.165, 1.54) is 18.2 Å². The number of fused-ring (bicyclic) bond motifs is 1. The summed E-state index contributed by atoms with van der Waals surface area (Å²) < 4.78 is 5.50. The Bertz CT molecular complexity index is 895. The normalized spacial score (nSPS) is 10.7. The minimum absolute atomic E-state index is 0.0336. The summed E-state index contributed by atoms with van der Waals surface area (Å²) in [4.78, 5) is 26.5. The molecule has 0 saturated heterocycles. The quantitative estimate of drug-likeness (QED) is 0.416. The summed E-state index contributed by atoms with van der Waals surface area (Å²) in [5.41, 5.74) is 1.39. The Labute approximate surface area is 145 Å². The summed E-state index contributed by atoms with van der Waals surface area (Å²) in [5, 5.41) is 13.9. The maximum absolute atomic E-state index is 12.0. The molecule has 0 atom stereocenters. The zero-order valence-electron chi connectivity index (χ0n) is 12.1. The molecule has 0 aliphatic rings. The second kappa shape index (κ2) is 6.90. The highest BCUT2D eigenvalue weighted by Crippen LogP contribution is 2.27. The summed E-state index contributed by atoms with van der Waals surface area (Å²) in [5.74, 6) is -0.337. The summed E-state index contributed by atoms with van der Waals surface area (Å²) in [6, 6.07) is 11.1. The first-order valence-electron chi connectivity index (χ1n) is 6.75. The van der Waals surface area contributed by atoms with Gasteiger partial charge in [-0.25, -0.2) is 4.98 Å². The van der Waals surface area contributed by atoms with E-state index in [1.54, 1.807) is 6.07 Å². The van der Waals surface area contributed by atoms with E-state index in [1.807, 2.05) is 18.2 Å². The Balaban J connectivity index is 1.65. The van der Waals surface area contributed by atoms with Crippen LogP contribution in [0.1, 0.15) is 0 Å². The number of aromatic nitrogens is 1. The molecule has 24 heavy (non-hydrogen) atoms. The van der Waals surface area contributed by atoms with E-state index >= 15 is 0 Å². The Kier molecular flexibility index (Phi) is 4.68. The van der Waals surface area contributed by atoms with Crippen LogP contribution in [0.2, 0.25) is 5.02 Å². The Morgan fingerprint density at radius 3 is 2.88 bits per heavy atom. The van der Waals surface area contributed by atoms with Gasteiger partial charge >= 0.3 is 0 Å². The minimum Gasteiger partial charge on any atom is -0.431 e. The van der Waals surface area contributed by atoms with Gasteiger partial charge in [-0.3, -0.25) is 14.9 Å². The Hall–Kier alpha value is -2.58. The van der Waals surface area contributed by atoms with Gasteiger partial charge in [0.05, 0.1) is 21.4 Å².